The number of ketones is 1. The topological polar surface area (TPSA) is 70.3 Å². The molecule has 0 radical (unpaired) electrons. The van der Waals surface area contributed by atoms with Crippen molar-refractivity contribution >= 4 is 5.78 Å². The number of phenolic OH excluding ortho intramolecular Hbond substituents is 1. The third kappa shape index (κ3) is 2.26. The van der Waals surface area contributed by atoms with Gasteiger partial charge in [0.05, 0.1) is 12.2 Å². The Morgan fingerprint density at radius 1 is 1.60 bits per heavy atom. The van der Waals surface area contributed by atoms with Crippen molar-refractivity contribution in [3.8, 4) is 17.6 Å². The maximum Gasteiger partial charge on any atom is 0.162 e. The highest BCUT2D eigenvalue weighted by Crippen LogP contribution is 2.29. The third-order valence-electron chi connectivity index (χ3n) is 1.90. The second-order valence-corrected chi connectivity index (χ2v) is 2.97. The van der Waals surface area contributed by atoms with E-state index in [4.69, 9.17) is 10.00 Å². The predicted octanol–water partition coefficient (Wildman–Crippen LogP) is 1.87. The van der Waals surface area contributed by atoms with Gasteiger partial charge in [-0.25, -0.2) is 0 Å². The van der Waals surface area contributed by atoms with Gasteiger partial charge >= 0.3 is 0 Å². The van der Waals surface area contributed by atoms with E-state index in [1.165, 1.54) is 19.1 Å². The van der Waals surface area contributed by atoms with E-state index < -0.39 is 0 Å². The average Bonchev–Trinajstić information content (AvgIpc) is 2.20. The van der Waals surface area contributed by atoms with Crippen LogP contribution in [0.5, 0.6) is 11.5 Å². The molecule has 0 atom stereocenters. The van der Waals surface area contributed by atoms with E-state index >= 15 is 0 Å². The summed E-state index contributed by atoms with van der Waals surface area (Å²) in [7, 11) is 0. The molecule has 0 saturated heterocycles. The minimum atomic E-state index is -0.259. The Balaban J connectivity index is 3.30. The number of nitrogens with zero attached hydrogens (tertiary/aromatic N) is 1. The number of Topliss-reactive ketones (excluding diaryl/α,β-unsaturated/α-hetero) is 1. The normalized spacial score (nSPS) is 9.40. The van der Waals surface area contributed by atoms with Crippen LogP contribution in [0.4, 0.5) is 0 Å². The summed E-state index contributed by atoms with van der Waals surface area (Å²) in [5, 5.41) is 18.3. The molecular formula is C11H11NO3. The zero-order valence-electron chi connectivity index (χ0n) is 8.57. The molecule has 0 heterocycles. The molecule has 78 valence electrons. The van der Waals surface area contributed by atoms with Crippen molar-refractivity contribution in [2.24, 2.45) is 0 Å². The molecule has 4 nitrogen and oxygen atoms in total. The summed E-state index contributed by atoms with van der Waals surface area (Å²) in [6.07, 6.45) is 0. The maximum atomic E-state index is 11.1. The molecule has 0 aromatic heterocycles. The third-order valence-corrected chi connectivity index (χ3v) is 1.90. The smallest absolute Gasteiger partial charge is 0.162 e. The first-order valence-electron chi connectivity index (χ1n) is 4.51. The van der Waals surface area contributed by atoms with E-state index in [1.54, 1.807) is 6.92 Å². The van der Waals surface area contributed by atoms with Crippen molar-refractivity contribution in [2.75, 3.05) is 6.61 Å². The monoisotopic (exact) mass is 205 g/mol. The van der Waals surface area contributed by atoms with Gasteiger partial charge in [0, 0.05) is 11.6 Å². The Labute approximate surface area is 87.7 Å². The van der Waals surface area contributed by atoms with Crippen LogP contribution in [0.25, 0.3) is 0 Å². The quantitative estimate of drug-likeness (QED) is 0.764. The highest BCUT2D eigenvalue weighted by molar-refractivity contribution is 5.97. The lowest BCUT2D eigenvalue weighted by Gasteiger charge is -2.08. The SMILES string of the molecule is CCOc1cc(C#N)c(C(C)=O)cc1O. The van der Waals surface area contributed by atoms with Crippen molar-refractivity contribution in [2.45, 2.75) is 13.8 Å². The van der Waals surface area contributed by atoms with E-state index in [0.717, 1.165) is 0 Å². The van der Waals surface area contributed by atoms with Crippen LogP contribution in [0.1, 0.15) is 29.8 Å². The molecule has 0 amide bonds. The van der Waals surface area contributed by atoms with Crippen LogP contribution in [-0.2, 0) is 0 Å². The molecular weight excluding hydrogens is 194 g/mol. The van der Waals surface area contributed by atoms with Crippen LogP contribution >= 0.6 is 0 Å². The fourth-order valence-corrected chi connectivity index (χ4v) is 1.22. The summed E-state index contributed by atoms with van der Waals surface area (Å²) in [6, 6.07) is 4.52. The number of hydrogen-bond donors (Lipinski definition) is 1. The molecule has 0 bridgehead atoms. The van der Waals surface area contributed by atoms with Gasteiger partial charge in [-0.1, -0.05) is 0 Å². The van der Waals surface area contributed by atoms with Gasteiger partial charge in [0.1, 0.15) is 6.07 Å². The van der Waals surface area contributed by atoms with Crippen molar-refractivity contribution in [3.05, 3.63) is 23.3 Å². The van der Waals surface area contributed by atoms with Crippen molar-refractivity contribution in [1.29, 1.82) is 5.26 Å². The number of benzene rings is 1. The van der Waals surface area contributed by atoms with Crippen LogP contribution in [0.3, 0.4) is 0 Å². The van der Waals surface area contributed by atoms with Crippen LogP contribution in [0, 0.1) is 11.3 Å². The lowest BCUT2D eigenvalue weighted by atomic mass is 10.0. The number of rotatable bonds is 3. The molecule has 4 heteroatoms. The minimum absolute atomic E-state index is 0.124. The largest absolute Gasteiger partial charge is 0.504 e. The lowest BCUT2D eigenvalue weighted by Crippen LogP contribution is -1.99. The number of phenols is 1. The Kier molecular flexibility index (Phi) is 3.29. The molecule has 1 aromatic carbocycles. The van der Waals surface area contributed by atoms with Gasteiger partial charge in [-0.15, -0.1) is 0 Å². The van der Waals surface area contributed by atoms with E-state index in [2.05, 4.69) is 0 Å². The lowest BCUT2D eigenvalue weighted by molar-refractivity contribution is 0.101. The summed E-state index contributed by atoms with van der Waals surface area (Å²) in [4.78, 5) is 11.1. The van der Waals surface area contributed by atoms with Gasteiger partial charge in [0.25, 0.3) is 0 Å². The van der Waals surface area contributed by atoms with Crippen LogP contribution in [0.15, 0.2) is 12.1 Å². The summed E-state index contributed by atoms with van der Waals surface area (Å²) >= 11 is 0. The zero-order chi connectivity index (χ0) is 11.4. The molecule has 15 heavy (non-hydrogen) atoms. The first kappa shape index (κ1) is 11.1. The highest BCUT2D eigenvalue weighted by atomic mass is 16.5. The second kappa shape index (κ2) is 4.47. The number of hydrogen-bond acceptors (Lipinski definition) is 4. The van der Waals surface area contributed by atoms with Crippen molar-refractivity contribution < 1.29 is 14.6 Å². The Bertz CT molecular complexity index is 432. The zero-order valence-corrected chi connectivity index (χ0v) is 8.57. The van der Waals surface area contributed by atoms with E-state index in [1.807, 2.05) is 6.07 Å². The standard InChI is InChI=1S/C11H11NO3/c1-3-15-11-4-8(6-12)9(7(2)13)5-10(11)14/h4-5,14H,3H2,1-2H3. The number of aromatic hydroxyl groups is 1. The predicted molar refractivity (Wildman–Crippen MR) is 54.0 cm³/mol. The average molecular weight is 205 g/mol. The number of ether oxygens (including phenoxy) is 1. The van der Waals surface area contributed by atoms with Gasteiger partial charge in [0.15, 0.2) is 17.3 Å². The Morgan fingerprint density at radius 2 is 2.27 bits per heavy atom. The van der Waals surface area contributed by atoms with Crippen LogP contribution in [0.2, 0.25) is 0 Å². The van der Waals surface area contributed by atoms with Gasteiger partial charge in [0.2, 0.25) is 0 Å². The first-order chi connectivity index (χ1) is 7.10. The van der Waals surface area contributed by atoms with Gasteiger partial charge in [-0.2, -0.15) is 5.26 Å². The van der Waals surface area contributed by atoms with E-state index in [0.29, 0.717) is 6.61 Å². The van der Waals surface area contributed by atoms with Gasteiger partial charge < -0.3 is 9.84 Å². The van der Waals surface area contributed by atoms with Crippen molar-refractivity contribution in [1.82, 2.24) is 0 Å². The highest BCUT2D eigenvalue weighted by Gasteiger charge is 2.12. The summed E-state index contributed by atoms with van der Waals surface area (Å²) in [5.41, 5.74) is 0.419. The van der Waals surface area contributed by atoms with E-state index in [-0.39, 0.29) is 28.4 Å². The summed E-state index contributed by atoms with van der Waals surface area (Å²) in [6.45, 7) is 3.50. The number of carbonyl (C=O) groups excluding carboxylic acids is 1. The molecule has 1 N–H and O–H groups in total. The molecule has 0 unspecified atom stereocenters. The second-order valence-electron chi connectivity index (χ2n) is 2.97. The fourth-order valence-electron chi connectivity index (χ4n) is 1.22. The molecule has 1 rings (SSSR count). The van der Waals surface area contributed by atoms with Crippen molar-refractivity contribution in [3.63, 3.8) is 0 Å². The Hall–Kier alpha value is -2.02. The van der Waals surface area contributed by atoms with Gasteiger partial charge in [-0.3, -0.25) is 4.79 Å². The minimum Gasteiger partial charge on any atom is -0.504 e. The summed E-state index contributed by atoms with van der Waals surface area (Å²) < 4.78 is 5.10. The first-order valence-corrected chi connectivity index (χ1v) is 4.51. The fraction of sp³-hybridized carbons (Fsp3) is 0.273. The molecule has 0 aliphatic rings. The molecule has 0 saturated carbocycles. The molecule has 1 aromatic rings. The molecule has 0 aliphatic heterocycles. The molecule has 0 aliphatic carbocycles. The van der Waals surface area contributed by atoms with Crippen LogP contribution in [-0.4, -0.2) is 17.5 Å². The maximum absolute atomic E-state index is 11.1. The molecule has 0 fully saturated rings. The van der Waals surface area contributed by atoms with E-state index in [9.17, 15) is 9.90 Å². The Morgan fingerprint density at radius 3 is 2.73 bits per heavy atom. The molecule has 0 spiro atoms. The number of nitriles is 1. The number of carbonyl (C=O) groups is 1. The van der Waals surface area contributed by atoms with Gasteiger partial charge in [-0.05, 0) is 19.9 Å². The summed E-state index contributed by atoms with van der Waals surface area (Å²) in [5.74, 6) is -0.162. The van der Waals surface area contributed by atoms with Crippen LogP contribution < -0.4 is 4.74 Å².